The number of hydrogen-bond donors (Lipinski definition) is 3. The van der Waals surface area contributed by atoms with E-state index < -0.39 is 29.9 Å². The molecule has 0 saturated carbocycles. The van der Waals surface area contributed by atoms with Crippen LogP contribution in [0.15, 0.2) is 85.2 Å². The van der Waals surface area contributed by atoms with E-state index in [2.05, 4.69) is 15.0 Å². The Kier molecular flexibility index (Phi) is 5.37. The zero-order chi connectivity index (χ0) is 21.1. The zero-order valence-electron chi connectivity index (χ0n) is 15.7. The van der Waals surface area contributed by atoms with E-state index in [1.807, 2.05) is 0 Å². The summed E-state index contributed by atoms with van der Waals surface area (Å²) >= 11 is 0. The van der Waals surface area contributed by atoms with Gasteiger partial charge in [0.1, 0.15) is 18.3 Å². The molecule has 30 heavy (non-hydrogen) atoms. The predicted octanol–water partition coefficient (Wildman–Crippen LogP) is 1.59. The van der Waals surface area contributed by atoms with Crippen LogP contribution in [-0.2, 0) is 9.53 Å². The number of nitrogens with zero attached hydrogens (tertiary/aromatic N) is 3. The number of pyridine rings is 3. The van der Waals surface area contributed by atoms with Crippen molar-refractivity contribution in [2.75, 3.05) is 0 Å². The number of esters is 1. The maximum atomic E-state index is 12.8. The van der Waals surface area contributed by atoms with Crippen molar-refractivity contribution < 1.29 is 24.9 Å². The molecule has 0 fully saturated rings. The summed E-state index contributed by atoms with van der Waals surface area (Å²) in [5, 5.41) is 33.1. The number of ether oxygens (including phenoxy) is 1. The van der Waals surface area contributed by atoms with E-state index in [4.69, 9.17) is 4.74 Å². The summed E-state index contributed by atoms with van der Waals surface area (Å²) in [6, 6.07) is 9.37. The van der Waals surface area contributed by atoms with Gasteiger partial charge in [0.25, 0.3) is 0 Å². The van der Waals surface area contributed by atoms with Gasteiger partial charge in [-0.1, -0.05) is 0 Å². The standard InChI is InChI=1S/C22H19N3O5/c26-18(14-1-7-23-8-2-14)17-13-22(30-21(17)29,19(27)15-3-9-24-10-4-15)20(28)16-5-11-25-12-6-16/h1-13,18-20,26-28H. The second-order valence-corrected chi connectivity index (χ2v) is 6.89. The van der Waals surface area contributed by atoms with Crippen molar-refractivity contribution in [3.8, 4) is 0 Å². The highest BCUT2D eigenvalue weighted by Gasteiger charge is 2.53. The van der Waals surface area contributed by atoms with E-state index in [-0.39, 0.29) is 5.57 Å². The summed E-state index contributed by atoms with van der Waals surface area (Å²) < 4.78 is 5.59. The third kappa shape index (κ3) is 3.48. The van der Waals surface area contributed by atoms with Gasteiger partial charge in [0.15, 0.2) is 5.60 Å². The predicted molar refractivity (Wildman–Crippen MR) is 104 cm³/mol. The molecule has 8 nitrogen and oxygen atoms in total. The molecule has 1 aliphatic rings. The van der Waals surface area contributed by atoms with Gasteiger partial charge in [0, 0.05) is 37.2 Å². The number of cyclic esters (lactones) is 1. The second kappa shape index (κ2) is 8.11. The van der Waals surface area contributed by atoms with Crippen molar-refractivity contribution in [2.24, 2.45) is 0 Å². The van der Waals surface area contributed by atoms with Crippen LogP contribution < -0.4 is 0 Å². The fourth-order valence-corrected chi connectivity index (χ4v) is 3.50. The molecule has 4 rings (SSSR count). The lowest BCUT2D eigenvalue weighted by molar-refractivity contribution is -0.174. The normalized spacial score (nSPS) is 21.4. The van der Waals surface area contributed by atoms with E-state index >= 15 is 0 Å². The van der Waals surface area contributed by atoms with Gasteiger partial charge >= 0.3 is 5.97 Å². The summed E-state index contributed by atoms with van der Waals surface area (Å²) in [6.45, 7) is 0. The SMILES string of the molecule is O=C1OC(C(O)c2ccncc2)(C(O)c2ccncc2)C=C1C(O)c1ccncc1. The van der Waals surface area contributed by atoms with E-state index in [0.717, 1.165) is 0 Å². The number of carbonyl (C=O) groups excluding carboxylic acids is 1. The maximum absolute atomic E-state index is 12.8. The smallest absolute Gasteiger partial charge is 0.337 e. The minimum absolute atomic E-state index is 0.0811. The topological polar surface area (TPSA) is 126 Å². The Hall–Kier alpha value is -3.46. The Bertz CT molecular complexity index is 999. The van der Waals surface area contributed by atoms with Crippen LogP contribution >= 0.6 is 0 Å². The second-order valence-electron chi connectivity index (χ2n) is 6.89. The lowest BCUT2D eigenvalue weighted by Crippen LogP contribution is -2.42. The first kappa shape index (κ1) is 19.8. The molecule has 152 valence electrons. The van der Waals surface area contributed by atoms with E-state index in [1.54, 1.807) is 36.4 Å². The molecule has 3 unspecified atom stereocenters. The Balaban J connectivity index is 1.82. The molecule has 3 aromatic heterocycles. The highest BCUT2D eigenvalue weighted by molar-refractivity contribution is 5.93. The highest BCUT2D eigenvalue weighted by Crippen LogP contribution is 2.47. The van der Waals surface area contributed by atoms with Crippen molar-refractivity contribution >= 4 is 5.97 Å². The number of rotatable bonds is 6. The first-order valence-corrected chi connectivity index (χ1v) is 9.23. The number of aliphatic hydroxyl groups is 3. The average molecular weight is 405 g/mol. The van der Waals surface area contributed by atoms with Gasteiger partial charge in [-0.2, -0.15) is 0 Å². The van der Waals surface area contributed by atoms with Gasteiger partial charge in [0.05, 0.1) is 5.57 Å². The molecule has 0 bridgehead atoms. The molecule has 0 aromatic carbocycles. The molecule has 3 aromatic rings. The number of carbonyl (C=O) groups is 1. The molecule has 3 atom stereocenters. The first-order chi connectivity index (χ1) is 14.5. The first-order valence-electron chi connectivity index (χ1n) is 9.23. The van der Waals surface area contributed by atoms with E-state index in [1.165, 1.54) is 43.3 Å². The molecular weight excluding hydrogens is 386 g/mol. The molecule has 0 radical (unpaired) electrons. The average Bonchev–Trinajstić information content (AvgIpc) is 3.17. The minimum Gasteiger partial charge on any atom is -0.445 e. The quantitative estimate of drug-likeness (QED) is 0.528. The fourth-order valence-electron chi connectivity index (χ4n) is 3.50. The van der Waals surface area contributed by atoms with Crippen LogP contribution in [0.2, 0.25) is 0 Å². The van der Waals surface area contributed by atoms with Crippen molar-refractivity contribution in [3.63, 3.8) is 0 Å². The molecule has 0 amide bonds. The summed E-state index contributed by atoms with van der Waals surface area (Å²) in [7, 11) is 0. The van der Waals surface area contributed by atoms with Crippen molar-refractivity contribution in [3.05, 3.63) is 102 Å². The third-order valence-electron chi connectivity index (χ3n) is 5.10. The summed E-state index contributed by atoms with van der Waals surface area (Å²) in [5.74, 6) is -0.833. The molecule has 3 N–H and O–H groups in total. The lowest BCUT2D eigenvalue weighted by Gasteiger charge is -2.36. The third-order valence-corrected chi connectivity index (χ3v) is 5.10. The highest BCUT2D eigenvalue weighted by atomic mass is 16.6. The number of hydrogen-bond acceptors (Lipinski definition) is 8. The van der Waals surface area contributed by atoms with Crippen LogP contribution in [0.1, 0.15) is 35.0 Å². The molecule has 1 aliphatic heterocycles. The van der Waals surface area contributed by atoms with Crippen molar-refractivity contribution in [1.29, 1.82) is 0 Å². The van der Waals surface area contributed by atoms with E-state index in [9.17, 15) is 20.1 Å². The van der Waals surface area contributed by atoms with E-state index in [0.29, 0.717) is 16.7 Å². The monoisotopic (exact) mass is 405 g/mol. The molecule has 4 heterocycles. The van der Waals surface area contributed by atoms with Crippen LogP contribution in [0.25, 0.3) is 0 Å². The fraction of sp³-hybridized carbons (Fsp3) is 0.182. The molecule has 0 saturated heterocycles. The van der Waals surface area contributed by atoms with Crippen LogP contribution in [0, 0.1) is 0 Å². The van der Waals surface area contributed by atoms with Gasteiger partial charge in [-0.05, 0) is 59.2 Å². The minimum atomic E-state index is -1.86. The maximum Gasteiger partial charge on any atom is 0.337 e. The van der Waals surface area contributed by atoms with Crippen LogP contribution in [0.3, 0.4) is 0 Å². The van der Waals surface area contributed by atoms with Crippen LogP contribution in [0.5, 0.6) is 0 Å². The van der Waals surface area contributed by atoms with Gasteiger partial charge < -0.3 is 20.1 Å². The summed E-state index contributed by atoms with van der Waals surface area (Å²) in [6.07, 6.45) is 6.07. The molecule has 0 spiro atoms. The Labute approximate surface area is 172 Å². The van der Waals surface area contributed by atoms with Gasteiger partial charge in [-0.15, -0.1) is 0 Å². The van der Waals surface area contributed by atoms with Gasteiger partial charge in [0.2, 0.25) is 0 Å². The van der Waals surface area contributed by atoms with Crippen LogP contribution in [0.4, 0.5) is 0 Å². The molecule has 8 heteroatoms. The Morgan fingerprint density at radius 1 is 0.700 bits per heavy atom. The van der Waals surface area contributed by atoms with Crippen molar-refractivity contribution in [2.45, 2.75) is 23.9 Å². The Morgan fingerprint density at radius 2 is 1.10 bits per heavy atom. The Morgan fingerprint density at radius 3 is 1.53 bits per heavy atom. The van der Waals surface area contributed by atoms with Gasteiger partial charge in [-0.25, -0.2) is 4.79 Å². The van der Waals surface area contributed by atoms with Crippen molar-refractivity contribution in [1.82, 2.24) is 15.0 Å². The van der Waals surface area contributed by atoms with Crippen LogP contribution in [-0.4, -0.2) is 41.8 Å². The number of aliphatic hydroxyl groups excluding tert-OH is 3. The molecular formula is C22H19N3O5. The summed E-state index contributed by atoms with van der Waals surface area (Å²) in [5.41, 5.74) is -0.727. The summed E-state index contributed by atoms with van der Waals surface area (Å²) in [4.78, 5) is 24.5. The zero-order valence-corrected chi connectivity index (χ0v) is 15.7. The lowest BCUT2D eigenvalue weighted by atomic mass is 9.82. The van der Waals surface area contributed by atoms with Gasteiger partial charge in [-0.3, -0.25) is 15.0 Å². The molecule has 0 aliphatic carbocycles. The largest absolute Gasteiger partial charge is 0.445 e. The number of aromatic nitrogens is 3.